The largest absolute Gasteiger partial charge is 0.478 e. The van der Waals surface area contributed by atoms with Gasteiger partial charge in [-0.25, -0.2) is 4.98 Å². The van der Waals surface area contributed by atoms with Crippen molar-refractivity contribution in [1.82, 2.24) is 14.0 Å². The molecule has 1 aliphatic heterocycles. The van der Waals surface area contributed by atoms with Gasteiger partial charge in [0.25, 0.3) is 10.2 Å². The Balaban J connectivity index is 1.69. The van der Waals surface area contributed by atoms with Crippen LogP contribution in [0.4, 0.5) is 0 Å². The average molecular weight is 347 g/mol. The van der Waals surface area contributed by atoms with E-state index in [1.807, 2.05) is 31.2 Å². The first-order chi connectivity index (χ1) is 11.6. The minimum Gasteiger partial charge on any atom is -0.478 e. The molecular formula is C17H21N3O3S. The summed E-state index contributed by atoms with van der Waals surface area (Å²) in [6.45, 7) is 3.39. The fourth-order valence-corrected chi connectivity index (χ4v) is 3.92. The molecule has 1 N–H and O–H groups in total. The lowest BCUT2D eigenvalue weighted by Crippen LogP contribution is -2.43. The quantitative estimate of drug-likeness (QED) is 0.866. The molecule has 0 saturated carbocycles. The number of pyridine rings is 1. The maximum Gasteiger partial charge on any atom is 0.280 e. The molecule has 0 fully saturated rings. The Labute approximate surface area is 142 Å². The first-order valence-electron chi connectivity index (χ1n) is 7.98. The molecule has 7 heteroatoms. The Morgan fingerprint density at radius 1 is 1.21 bits per heavy atom. The molecule has 0 radical (unpaired) electrons. The van der Waals surface area contributed by atoms with Crippen LogP contribution in [0.5, 0.6) is 5.88 Å². The zero-order chi connectivity index (χ0) is 17.0. The predicted molar refractivity (Wildman–Crippen MR) is 91.7 cm³/mol. The van der Waals surface area contributed by atoms with E-state index in [1.165, 1.54) is 9.87 Å². The minimum atomic E-state index is -3.56. The second kappa shape index (κ2) is 7.29. The van der Waals surface area contributed by atoms with Crippen LogP contribution in [0.2, 0.25) is 0 Å². The standard InChI is InChI=1S/C17H21N3O3S/c1-2-23-17-15(8-5-10-18-17)12-19-24(21,22)20-11-9-14-6-3-4-7-16(14)13-20/h3-8,10,19H,2,9,11-13H2,1H3. The molecule has 1 aromatic heterocycles. The van der Waals surface area contributed by atoms with E-state index in [9.17, 15) is 8.42 Å². The number of benzene rings is 1. The second-order valence-electron chi connectivity index (χ2n) is 5.58. The molecule has 0 bridgehead atoms. The van der Waals surface area contributed by atoms with Gasteiger partial charge < -0.3 is 4.74 Å². The fraction of sp³-hybridized carbons (Fsp3) is 0.353. The van der Waals surface area contributed by atoms with E-state index in [-0.39, 0.29) is 6.54 Å². The number of nitrogens with one attached hydrogen (secondary N) is 1. The lowest BCUT2D eigenvalue weighted by atomic mass is 10.0. The summed E-state index contributed by atoms with van der Waals surface area (Å²) in [5, 5.41) is 0. The van der Waals surface area contributed by atoms with Crippen LogP contribution >= 0.6 is 0 Å². The van der Waals surface area contributed by atoms with E-state index >= 15 is 0 Å². The highest BCUT2D eigenvalue weighted by atomic mass is 32.2. The molecule has 0 saturated heterocycles. The third-order valence-electron chi connectivity index (χ3n) is 4.01. The van der Waals surface area contributed by atoms with E-state index in [0.717, 1.165) is 17.5 Å². The van der Waals surface area contributed by atoms with Crippen LogP contribution in [-0.4, -0.2) is 30.9 Å². The van der Waals surface area contributed by atoms with Crippen molar-refractivity contribution < 1.29 is 13.2 Å². The van der Waals surface area contributed by atoms with Crippen LogP contribution in [0.1, 0.15) is 23.6 Å². The number of rotatable bonds is 6. The Morgan fingerprint density at radius 2 is 2.00 bits per heavy atom. The van der Waals surface area contributed by atoms with Crippen LogP contribution < -0.4 is 9.46 Å². The van der Waals surface area contributed by atoms with Crippen molar-refractivity contribution in [1.29, 1.82) is 0 Å². The zero-order valence-corrected chi connectivity index (χ0v) is 14.4. The van der Waals surface area contributed by atoms with Crippen LogP contribution in [0.3, 0.4) is 0 Å². The summed E-state index contributed by atoms with van der Waals surface area (Å²) in [6.07, 6.45) is 2.36. The van der Waals surface area contributed by atoms with Crippen molar-refractivity contribution in [2.24, 2.45) is 0 Å². The van der Waals surface area contributed by atoms with Gasteiger partial charge in [0.05, 0.1) is 6.61 Å². The molecule has 1 aromatic carbocycles. The van der Waals surface area contributed by atoms with Crippen LogP contribution in [0.15, 0.2) is 42.6 Å². The van der Waals surface area contributed by atoms with Crippen molar-refractivity contribution in [2.75, 3.05) is 13.2 Å². The molecule has 2 aromatic rings. The summed E-state index contributed by atoms with van der Waals surface area (Å²) in [7, 11) is -3.56. The zero-order valence-electron chi connectivity index (χ0n) is 13.6. The lowest BCUT2D eigenvalue weighted by Gasteiger charge is -2.28. The fourth-order valence-electron chi connectivity index (χ4n) is 2.76. The molecule has 24 heavy (non-hydrogen) atoms. The third kappa shape index (κ3) is 3.75. The number of aromatic nitrogens is 1. The number of hydrogen-bond donors (Lipinski definition) is 1. The summed E-state index contributed by atoms with van der Waals surface area (Å²) in [4.78, 5) is 4.14. The van der Waals surface area contributed by atoms with Crippen LogP contribution in [0.25, 0.3) is 0 Å². The van der Waals surface area contributed by atoms with Gasteiger partial charge in [-0.1, -0.05) is 30.3 Å². The highest BCUT2D eigenvalue weighted by Gasteiger charge is 2.26. The van der Waals surface area contributed by atoms with Gasteiger partial charge in [0.15, 0.2) is 0 Å². The first kappa shape index (κ1) is 16.9. The molecular weight excluding hydrogens is 326 g/mol. The van der Waals surface area contributed by atoms with Gasteiger partial charge in [-0.15, -0.1) is 0 Å². The van der Waals surface area contributed by atoms with Crippen molar-refractivity contribution in [3.05, 3.63) is 59.3 Å². The number of nitrogens with zero attached hydrogens (tertiary/aromatic N) is 2. The predicted octanol–water partition coefficient (Wildman–Crippen LogP) is 1.87. The van der Waals surface area contributed by atoms with Gasteiger partial charge in [-0.05, 0) is 30.5 Å². The average Bonchev–Trinajstić information content (AvgIpc) is 2.61. The maximum atomic E-state index is 12.6. The van der Waals surface area contributed by atoms with Crippen molar-refractivity contribution in [3.8, 4) is 5.88 Å². The molecule has 0 atom stereocenters. The van der Waals surface area contributed by atoms with E-state index in [0.29, 0.717) is 25.6 Å². The van der Waals surface area contributed by atoms with Gasteiger partial charge in [0.1, 0.15) is 0 Å². The van der Waals surface area contributed by atoms with E-state index in [4.69, 9.17) is 4.74 Å². The number of ether oxygens (including phenoxy) is 1. The summed E-state index contributed by atoms with van der Waals surface area (Å²) < 4.78 is 34.7. The summed E-state index contributed by atoms with van der Waals surface area (Å²) in [6, 6.07) is 11.5. The van der Waals surface area contributed by atoms with Crippen molar-refractivity contribution >= 4 is 10.2 Å². The highest BCUT2D eigenvalue weighted by molar-refractivity contribution is 7.87. The van der Waals surface area contributed by atoms with E-state index in [1.54, 1.807) is 12.3 Å². The molecule has 0 amide bonds. The first-order valence-corrected chi connectivity index (χ1v) is 9.42. The van der Waals surface area contributed by atoms with Gasteiger partial charge in [-0.2, -0.15) is 17.4 Å². The number of hydrogen-bond acceptors (Lipinski definition) is 4. The van der Waals surface area contributed by atoms with Crippen LogP contribution in [-0.2, 0) is 29.7 Å². The summed E-state index contributed by atoms with van der Waals surface area (Å²) in [5.41, 5.74) is 3.00. The molecule has 0 aliphatic carbocycles. The van der Waals surface area contributed by atoms with Crippen LogP contribution in [0, 0.1) is 0 Å². The SMILES string of the molecule is CCOc1ncccc1CNS(=O)(=O)N1CCc2ccccc2C1. The normalized spacial score (nSPS) is 15.0. The minimum absolute atomic E-state index is 0.156. The monoisotopic (exact) mass is 347 g/mol. The Morgan fingerprint density at radius 3 is 2.79 bits per heavy atom. The van der Waals surface area contributed by atoms with E-state index in [2.05, 4.69) is 15.8 Å². The Hall–Kier alpha value is -1.96. The second-order valence-corrected chi connectivity index (χ2v) is 7.33. The Kier molecular flexibility index (Phi) is 5.13. The summed E-state index contributed by atoms with van der Waals surface area (Å²) >= 11 is 0. The molecule has 6 nitrogen and oxygen atoms in total. The van der Waals surface area contributed by atoms with Gasteiger partial charge >= 0.3 is 0 Å². The van der Waals surface area contributed by atoms with Crippen molar-refractivity contribution in [3.63, 3.8) is 0 Å². The summed E-state index contributed by atoms with van der Waals surface area (Å²) in [5.74, 6) is 0.465. The van der Waals surface area contributed by atoms with Crippen molar-refractivity contribution in [2.45, 2.75) is 26.4 Å². The lowest BCUT2D eigenvalue weighted by molar-refractivity contribution is 0.322. The maximum absolute atomic E-state index is 12.6. The molecule has 2 heterocycles. The smallest absolute Gasteiger partial charge is 0.280 e. The third-order valence-corrected chi connectivity index (χ3v) is 5.51. The van der Waals surface area contributed by atoms with E-state index < -0.39 is 10.2 Å². The van der Waals surface area contributed by atoms with Gasteiger partial charge in [0, 0.05) is 31.4 Å². The molecule has 0 spiro atoms. The molecule has 128 valence electrons. The molecule has 1 aliphatic rings. The van der Waals surface area contributed by atoms with Gasteiger partial charge in [-0.3, -0.25) is 0 Å². The molecule has 0 unspecified atom stereocenters. The Bertz CT molecular complexity index is 808. The van der Waals surface area contributed by atoms with Gasteiger partial charge in [0.2, 0.25) is 5.88 Å². The molecule has 3 rings (SSSR count). The highest BCUT2D eigenvalue weighted by Crippen LogP contribution is 2.21. The topological polar surface area (TPSA) is 71.5 Å². The number of fused-ring (bicyclic) bond motifs is 1.